The van der Waals surface area contributed by atoms with E-state index in [1.807, 2.05) is 18.2 Å². The molecular formula is C10H8Br2O. The Morgan fingerprint density at radius 1 is 1.31 bits per heavy atom. The van der Waals surface area contributed by atoms with E-state index < -0.39 is 0 Å². The molecule has 68 valence electrons. The fraction of sp³-hybridized carbons (Fsp3) is 0.300. The van der Waals surface area contributed by atoms with E-state index in [2.05, 4.69) is 31.9 Å². The largest absolute Gasteiger partial charge is 0.294 e. The molecule has 0 bridgehead atoms. The van der Waals surface area contributed by atoms with Gasteiger partial charge in [-0.05, 0) is 31.0 Å². The maximum atomic E-state index is 11.7. The van der Waals surface area contributed by atoms with E-state index >= 15 is 0 Å². The molecule has 1 saturated carbocycles. The van der Waals surface area contributed by atoms with Crippen LogP contribution >= 0.6 is 31.9 Å². The zero-order valence-corrected chi connectivity index (χ0v) is 10.1. The fourth-order valence-corrected chi connectivity index (χ4v) is 2.05. The van der Waals surface area contributed by atoms with E-state index in [-0.39, 0.29) is 11.7 Å². The molecule has 0 radical (unpaired) electrons. The standard InChI is InChI=1S/C10H8Br2O/c11-7-3-4-9(12)8(5-7)10(13)6-1-2-6/h3-6H,1-2H2. The second kappa shape index (κ2) is 3.54. The summed E-state index contributed by atoms with van der Waals surface area (Å²) in [4.78, 5) is 11.7. The summed E-state index contributed by atoms with van der Waals surface area (Å²) in [7, 11) is 0. The predicted molar refractivity (Wildman–Crippen MR) is 58.9 cm³/mol. The minimum Gasteiger partial charge on any atom is -0.294 e. The van der Waals surface area contributed by atoms with Gasteiger partial charge in [0.25, 0.3) is 0 Å². The molecule has 0 N–H and O–H groups in total. The normalized spacial score (nSPS) is 15.8. The third-order valence-electron chi connectivity index (χ3n) is 2.14. The van der Waals surface area contributed by atoms with Crippen LogP contribution in [-0.4, -0.2) is 5.78 Å². The van der Waals surface area contributed by atoms with Crippen LogP contribution in [0.15, 0.2) is 27.1 Å². The quantitative estimate of drug-likeness (QED) is 0.760. The number of carbonyl (C=O) groups excluding carboxylic acids is 1. The molecule has 3 heteroatoms. The highest BCUT2D eigenvalue weighted by Crippen LogP contribution is 2.35. The lowest BCUT2D eigenvalue weighted by molar-refractivity contribution is 0.0967. The number of carbonyl (C=O) groups is 1. The fourth-order valence-electron chi connectivity index (χ4n) is 1.25. The highest BCUT2D eigenvalue weighted by atomic mass is 79.9. The molecule has 1 nitrogen and oxygen atoms in total. The van der Waals surface area contributed by atoms with E-state index in [0.717, 1.165) is 27.4 Å². The van der Waals surface area contributed by atoms with E-state index in [1.165, 1.54) is 0 Å². The van der Waals surface area contributed by atoms with Crippen molar-refractivity contribution in [1.29, 1.82) is 0 Å². The van der Waals surface area contributed by atoms with Crippen LogP contribution in [0.3, 0.4) is 0 Å². The van der Waals surface area contributed by atoms with Crippen LogP contribution in [0, 0.1) is 5.92 Å². The molecule has 0 spiro atoms. The molecule has 1 aromatic carbocycles. The number of halogens is 2. The van der Waals surface area contributed by atoms with E-state index in [4.69, 9.17) is 0 Å². The third kappa shape index (κ3) is 2.02. The second-order valence-electron chi connectivity index (χ2n) is 3.26. The van der Waals surface area contributed by atoms with Gasteiger partial charge in [-0.3, -0.25) is 4.79 Å². The first-order valence-corrected chi connectivity index (χ1v) is 5.76. The van der Waals surface area contributed by atoms with Gasteiger partial charge < -0.3 is 0 Å². The number of benzene rings is 1. The maximum absolute atomic E-state index is 11.7. The number of hydrogen-bond acceptors (Lipinski definition) is 1. The van der Waals surface area contributed by atoms with Gasteiger partial charge >= 0.3 is 0 Å². The summed E-state index contributed by atoms with van der Waals surface area (Å²) in [5.41, 5.74) is 0.803. The average molecular weight is 304 g/mol. The first kappa shape index (κ1) is 9.41. The van der Waals surface area contributed by atoms with E-state index in [9.17, 15) is 4.79 Å². The SMILES string of the molecule is O=C(c1cc(Br)ccc1Br)C1CC1. The summed E-state index contributed by atoms with van der Waals surface area (Å²) in [5.74, 6) is 0.554. The maximum Gasteiger partial charge on any atom is 0.167 e. The van der Waals surface area contributed by atoms with Gasteiger partial charge in [0.1, 0.15) is 0 Å². The van der Waals surface area contributed by atoms with Crippen molar-refractivity contribution in [3.8, 4) is 0 Å². The Morgan fingerprint density at radius 2 is 2.00 bits per heavy atom. The molecule has 0 aliphatic heterocycles. The Hall–Kier alpha value is -0.150. The molecule has 2 rings (SSSR count). The number of Topliss-reactive ketones (excluding diaryl/α,β-unsaturated/α-hetero) is 1. The van der Waals surface area contributed by atoms with Crippen molar-refractivity contribution in [2.75, 3.05) is 0 Å². The number of hydrogen-bond donors (Lipinski definition) is 0. The summed E-state index contributed by atoms with van der Waals surface area (Å²) in [5, 5.41) is 0. The molecule has 1 fully saturated rings. The Labute approximate surface area is 93.8 Å². The van der Waals surface area contributed by atoms with Crippen LogP contribution < -0.4 is 0 Å². The number of rotatable bonds is 2. The minimum absolute atomic E-state index is 0.271. The molecule has 0 aromatic heterocycles. The molecular weight excluding hydrogens is 296 g/mol. The van der Waals surface area contributed by atoms with Gasteiger partial charge in [-0.15, -0.1) is 0 Å². The molecule has 0 heterocycles. The Bertz CT molecular complexity index is 356. The van der Waals surface area contributed by atoms with Crippen molar-refractivity contribution in [3.05, 3.63) is 32.7 Å². The van der Waals surface area contributed by atoms with Gasteiger partial charge in [-0.1, -0.05) is 31.9 Å². The van der Waals surface area contributed by atoms with Crippen molar-refractivity contribution < 1.29 is 4.79 Å². The molecule has 1 aromatic rings. The van der Waals surface area contributed by atoms with Crippen LogP contribution in [0.2, 0.25) is 0 Å². The van der Waals surface area contributed by atoms with Crippen LogP contribution in [0.25, 0.3) is 0 Å². The van der Waals surface area contributed by atoms with Crippen LogP contribution in [0.5, 0.6) is 0 Å². The molecule has 1 aliphatic rings. The molecule has 1 aliphatic carbocycles. The van der Waals surface area contributed by atoms with Crippen molar-refractivity contribution in [1.82, 2.24) is 0 Å². The monoisotopic (exact) mass is 302 g/mol. The summed E-state index contributed by atoms with van der Waals surface area (Å²) in [6.07, 6.45) is 2.11. The first-order chi connectivity index (χ1) is 6.18. The summed E-state index contributed by atoms with van der Waals surface area (Å²) in [6.45, 7) is 0. The zero-order valence-electron chi connectivity index (χ0n) is 6.89. The van der Waals surface area contributed by atoms with Gasteiger partial charge in [0, 0.05) is 20.4 Å². The van der Waals surface area contributed by atoms with Crippen molar-refractivity contribution in [2.24, 2.45) is 5.92 Å². The van der Waals surface area contributed by atoms with Gasteiger partial charge in [-0.2, -0.15) is 0 Å². The Morgan fingerprint density at radius 3 is 2.62 bits per heavy atom. The van der Waals surface area contributed by atoms with Crippen molar-refractivity contribution >= 4 is 37.6 Å². The molecule has 0 atom stereocenters. The van der Waals surface area contributed by atoms with Crippen LogP contribution in [-0.2, 0) is 0 Å². The number of ketones is 1. The molecule has 0 amide bonds. The van der Waals surface area contributed by atoms with Gasteiger partial charge in [0.2, 0.25) is 0 Å². The molecule has 13 heavy (non-hydrogen) atoms. The smallest absolute Gasteiger partial charge is 0.167 e. The Balaban J connectivity index is 2.37. The van der Waals surface area contributed by atoms with Crippen molar-refractivity contribution in [2.45, 2.75) is 12.8 Å². The lowest BCUT2D eigenvalue weighted by Gasteiger charge is -2.02. The first-order valence-electron chi connectivity index (χ1n) is 4.18. The van der Waals surface area contributed by atoms with Crippen LogP contribution in [0.4, 0.5) is 0 Å². The van der Waals surface area contributed by atoms with Gasteiger partial charge in [0.05, 0.1) is 0 Å². The van der Waals surface area contributed by atoms with E-state index in [1.54, 1.807) is 0 Å². The van der Waals surface area contributed by atoms with Gasteiger partial charge in [-0.25, -0.2) is 0 Å². The minimum atomic E-state index is 0.271. The van der Waals surface area contributed by atoms with Gasteiger partial charge in [0.15, 0.2) is 5.78 Å². The zero-order chi connectivity index (χ0) is 9.42. The Kier molecular flexibility index (Phi) is 2.56. The lowest BCUT2D eigenvalue weighted by Crippen LogP contribution is -2.01. The lowest BCUT2D eigenvalue weighted by atomic mass is 10.1. The second-order valence-corrected chi connectivity index (χ2v) is 5.03. The summed E-state index contributed by atoms with van der Waals surface area (Å²) in [6, 6.07) is 5.71. The average Bonchev–Trinajstić information content (AvgIpc) is 2.91. The predicted octanol–water partition coefficient (Wildman–Crippen LogP) is 3.80. The molecule has 0 saturated heterocycles. The van der Waals surface area contributed by atoms with E-state index in [0.29, 0.717) is 0 Å². The highest BCUT2D eigenvalue weighted by Gasteiger charge is 2.31. The van der Waals surface area contributed by atoms with Crippen molar-refractivity contribution in [3.63, 3.8) is 0 Å². The molecule has 0 unspecified atom stereocenters. The summed E-state index contributed by atoms with van der Waals surface area (Å²) >= 11 is 6.75. The third-order valence-corrected chi connectivity index (χ3v) is 3.33. The topological polar surface area (TPSA) is 17.1 Å². The summed E-state index contributed by atoms with van der Waals surface area (Å²) < 4.78 is 1.85. The highest BCUT2D eigenvalue weighted by molar-refractivity contribution is 9.11. The van der Waals surface area contributed by atoms with Crippen LogP contribution in [0.1, 0.15) is 23.2 Å².